The van der Waals surface area contributed by atoms with E-state index in [0.717, 1.165) is 47.1 Å². The van der Waals surface area contributed by atoms with Crippen LogP contribution in [0.1, 0.15) is 41.3 Å². The fourth-order valence-corrected chi connectivity index (χ4v) is 3.77. The lowest BCUT2D eigenvalue weighted by molar-refractivity contribution is -0.113. The van der Waals surface area contributed by atoms with Gasteiger partial charge in [-0.3, -0.25) is 9.89 Å². The van der Waals surface area contributed by atoms with E-state index < -0.39 is 0 Å². The summed E-state index contributed by atoms with van der Waals surface area (Å²) in [5.74, 6) is 2.31. The summed E-state index contributed by atoms with van der Waals surface area (Å²) in [4.78, 5) is 21.7. The summed E-state index contributed by atoms with van der Waals surface area (Å²) in [6.45, 7) is 1.57. The minimum atomic E-state index is -0.151. The van der Waals surface area contributed by atoms with E-state index in [4.69, 9.17) is 5.73 Å². The number of aromatic amines is 1. The molecule has 5 rings (SSSR count). The first kappa shape index (κ1) is 20.2. The van der Waals surface area contributed by atoms with Gasteiger partial charge in [0.05, 0.1) is 12.2 Å². The Morgan fingerprint density at radius 3 is 2.88 bits per heavy atom. The van der Waals surface area contributed by atoms with Crippen LogP contribution in [0.25, 0.3) is 5.70 Å². The topological polar surface area (TPSA) is 134 Å². The van der Waals surface area contributed by atoms with E-state index in [1.54, 1.807) is 0 Å². The van der Waals surface area contributed by atoms with Crippen molar-refractivity contribution in [3.63, 3.8) is 0 Å². The van der Waals surface area contributed by atoms with Crippen LogP contribution in [-0.2, 0) is 17.8 Å². The number of hydrogen-bond acceptors (Lipinski definition) is 8. The molecule has 1 aromatic carbocycles. The highest BCUT2D eigenvalue weighted by Crippen LogP contribution is 2.39. The Balaban J connectivity index is 1.31. The standard InChI is InChI=1S/C23H26N8O/c24-18(14-4-2-1-3-5-14)10-16(32)12-26-23-27-20-13-25-9-8-17(20)22(29-23)28-21-11-19(30-31-21)15-6-7-15/h1-5,10-11,15,25H,6-9,12-13,24H2,(H3,26,27,28,29,30,31). The third-order valence-electron chi connectivity index (χ3n) is 5.64. The van der Waals surface area contributed by atoms with Crippen LogP contribution in [0.4, 0.5) is 17.6 Å². The summed E-state index contributed by atoms with van der Waals surface area (Å²) in [7, 11) is 0. The monoisotopic (exact) mass is 430 g/mol. The molecule has 0 radical (unpaired) electrons. The number of anilines is 3. The second-order valence-electron chi connectivity index (χ2n) is 8.14. The van der Waals surface area contributed by atoms with Gasteiger partial charge in [-0.15, -0.1) is 0 Å². The van der Waals surface area contributed by atoms with Gasteiger partial charge in [-0.05, 0) is 31.4 Å². The van der Waals surface area contributed by atoms with E-state index in [2.05, 4.69) is 36.1 Å². The molecule has 164 valence electrons. The van der Waals surface area contributed by atoms with Crippen molar-refractivity contribution in [2.24, 2.45) is 5.73 Å². The lowest BCUT2D eigenvalue weighted by atomic mass is 10.1. The number of nitrogens with one attached hydrogen (secondary N) is 4. The van der Waals surface area contributed by atoms with Crippen LogP contribution in [0.5, 0.6) is 0 Å². The number of hydrogen-bond donors (Lipinski definition) is 5. The molecule has 2 aromatic heterocycles. The van der Waals surface area contributed by atoms with Crippen LogP contribution >= 0.6 is 0 Å². The van der Waals surface area contributed by atoms with Gasteiger partial charge in [0.15, 0.2) is 11.6 Å². The molecule has 0 unspecified atom stereocenters. The Labute approximate surface area is 185 Å². The maximum Gasteiger partial charge on any atom is 0.225 e. The molecule has 0 atom stereocenters. The minimum absolute atomic E-state index is 0.0490. The molecule has 1 aliphatic heterocycles. The molecule has 1 aliphatic carbocycles. The fraction of sp³-hybridized carbons (Fsp3) is 0.304. The van der Waals surface area contributed by atoms with E-state index in [1.165, 1.54) is 18.9 Å². The average Bonchev–Trinajstić information content (AvgIpc) is 3.57. The van der Waals surface area contributed by atoms with Gasteiger partial charge in [0.25, 0.3) is 0 Å². The molecule has 0 spiro atoms. The Kier molecular flexibility index (Phi) is 5.55. The third-order valence-corrected chi connectivity index (χ3v) is 5.64. The number of rotatable bonds is 8. The molecule has 9 nitrogen and oxygen atoms in total. The van der Waals surface area contributed by atoms with Crippen molar-refractivity contribution in [1.29, 1.82) is 0 Å². The van der Waals surface area contributed by atoms with Gasteiger partial charge in [0.2, 0.25) is 5.95 Å². The van der Waals surface area contributed by atoms with Crippen LogP contribution < -0.4 is 21.7 Å². The number of aromatic nitrogens is 4. The third kappa shape index (κ3) is 4.62. The Morgan fingerprint density at radius 1 is 1.22 bits per heavy atom. The lowest BCUT2D eigenvalue weighted by Gasteiger charge is -2.20. The van der Waals surface area contributed by atoms with Crippen LogP contribution in [0.15, 0.2) is 42.5 Å². The Hall–Kier alpha value is -3.72. The molecule has 0 saturated heterocycles. The van der Waals surface area contributed by atoms with Crippen molar-refractivity contribution in [3.05, 3.63) is 65.0 Å². The second-order valence-corrected chi connectivity index (χ2v) is 8.14. The smallest absolute Gasteiger partial charge is 0.225 e. The number of carbonyl (C=O) groups is 1. The number of nitrogens with two attached hydrogens (primary N) is 1. The summed E-state index contributed by atoms with van der Waals surface area (Å²) in [5.41, 5.74) is 10.4. The van der Waals surface area contributed by atoms with Gasteiger partial charge >= 0.3 is 0 Å². The molecule has 9 heteroatoms. The normalized spacial score (nSPS) is 15.8. The second kappa shape index (κ2) is 8.80. The van der Waals surface area contributed by atoms with Gasteiger partial charge in [0.1, 0.15) is 5.82 Å². The van der Waals surface area contributed by atoms with Gasteiger partial charge < -0.3 is 21.7 Å². The highest BCUT2D eigenvalue weighted by molar-refractivity contribution is 5.98. The van der Waals surface area contributed by atoms with E-state index in [9.17, 15) is 4.79 Å². The number of H-pyrrole nitrogens is 1. The lowest BCUT2D eigenvalue weighted by Crippen LogP contribution is -2.27. The van der Waals surface area contributed by atoms with E-state index in [-0.39, 0.29) is 12.3 Å². The predicted octanol–water partition coefficient (Wildman–Crippen LogP) is 2.45. The van der Waals surface area contributed by atoms with Crippen molar-refractivity contribution in [2.75, 3.05) is 23.7 Å². The van der Waals surface area contributed by atoms with Crippen molar-refractivity contribution < 1.29 is 4.79 Å². The van der Waals surface area contributed by atoms with E-state index >= 15 is 0 Å². The maximum absolute atomic E-state index is 12.4. The maximum atomic E-state index is 12.4. The molecule has 3 aromatic rings. The SMILES string of the molecule is NC(=CC(=O)CNc1nc2c(c(Nc3cc(C4CC4)[nH]n3)n1)CCNC2)c1ccccc1. The average molecular weight is 431 g/mol. The minimum Gasteiger partial charge on any atom is -0.398 e. The fourth-order valence-electron chi connectivity index (χ4n) is 3.77. The van der Waals surface area contributed by atoms with Crippen LogP contribution in [0.3, 0.4) is 0 Å². The Morgan fingerprint density at radius 2 is 2.06 bits per heavy atom. The molecule has 3 heterocycles. The van der Waals surface area contributed by atoms with E-state index in [1.807, 2.05) is 36.4 Å². The Bertz CT molecular complexity index is 1150. The number of carbonyl (C=O) groups excluding carboxylic acids is 1. The van der Waals surface area contributed by atoms with Gasteiger partial charge in [0, 0.05) is 41.6 Å². The summed E-state index contributed by atoms with van der Waals surface area (Å²) in [5, 5.41) is 17.2. The number of benzene rings is 1. The van der Waals surface area contributed by atoms with Crippen molar-refractivity contribution in [3.8, 4) is 0 Å². The van der Waals surface area contributed by atoms with Crippen molar-refractivity contribution in [1.82, 2.24) is 25.5 Å². The first-order valence-corrected chi connectivity index (χ1v) is 10.9. The van der Waals surface area contributed by atoms with Crippen molar-refractivity contribution >= 4 is 29.1 Å². The molecule has 6 N–H and O–H groups in total. The van der Waals surface area contributed by atoms with Crippen LogP contribution in [-0.4, -0.2) is 39.0 Å². The molecule has 32 heavy (non-hydrogen) atoms. The predicted molar refractivity (Wildman–Crippen MR) is 123 cm³/mol. The zero-order chi connectivity index (χ0) is 21.9. The highest BCUT2D eigenvalue weighted by atomic mass is 16.1. The zero-order valence-electron chi connectivity index (χ0n) is 17.7. The molecule has 2 aliphatic rings. The van der Waals surface area contributed by atoms with Gasteiger partial charge in [-0.2, -0.15) is 10.1 Å². The van der Waals surface area contributed by atoms with Crippen molar-refractivity contribution in [2.45, 2.75) is 31.7 Å². The molecule has 0 amide bonds. The number of ketones is 1. The summed E-state index contributed by atoms with van der Waals surface area (Å²) < 4.78 is 0. The number of fused-ring (bicyclic) bond motifs is 1. The van der Waals surface area contributed by atoms with E-state index in [0.29, 0.717) is 24.1 Å². The largest absolute Gasteiger partial charge is 0.398 e. The summed E-state index contributed by atoms with van der Waals surface area (Å²) >= 11 is 0. The highest BCUT2D eigenvalue weighted by Gasteiger charge is 2.26. The van der Waals surface area contributed by atoms with Gasteiger partial charge in [-0.25, -0.2) is 4.98 Å². The molecule has 0 bridgehead atoms. The van der Waals surface area contributed by atoms with Crippen LogP contribution in [0.2, 0.25) is 0 Å². The summed E-state index contributed by atoms with van der Waals surface area (Å²) in [6, 6.07) is 11.5. The van der Waals surface area contributed by atoms with Gasteiger partial charge in [-0.1, -0.05) is 30.3 Å². The first-order chi connectivity index (χ1) is 15.7. The zero-order valence-corrected chi connectivity index (χ0v) is 17.7. The molecule has 1 saturated carbocycles. The molecular formula is C23H26N8O. The number of nitrogens with zero attached hydrogens (tertiary/aromatic N) is 3. The van der Waals surface area contributed by atoms with Crippen LogP contribution in [0, 0.1) is 0 Å². The first-order valence-electron chi connectivity index (χ1n) is 10.9. The quantitative estimate of drug-likeness (QED) is 0.344. The summed E-state index contributed by atoms with van der Waals surface area (Å²) in [6.07, 6.45) is 4.68. The molecular weight excluding hydrogens is 404 g/mol. The molecule has 1 fully saturated rings.